The molecule has 138 valence electrons. The smallest absolute Gasteiger partial charge is 0.180 e. The van der Waals surface area contributed by atoms with Gasteiger partial charge in [0.15, 0.2) is 11.6 Å². The van der Waals surface area contributed by atoms with Crippen molar-refractivity contribution in [3.05, 3.63) is 36.2 Å². The summed E-state index contributed by atoms with van der Waals surface area (Å²) >= 11 is 0. The normalized spacial score (nSPS) is 15.4. The molecule has 1 aliphatic heterocycles. The third-order valence-corrected chi connectivity index (χ3v) is 4.67. The summed E-state index contributed by atoms with van der Waals surface area (Å²) in [6, 6.07) is 8.00. The van der Waals surface area contributed by atoms with Gasteiger partial charge in [-0.25, -0.2) is 9.97 Å². The number of hydrogen-bond acceptors (Lipinski definition) is 6. The Hall–Kier alpha value is -2.87. The molecule has 0 amide bonds. The average molecular weight is 354 g/mol. The van der Waals surface area contributed by atoms with Gasteiger partial charge in [-0.1, -0.05) is 0 Å². The Labute approximate surface area is 154 Å². The highest BCUT2D eigenvalue weighted by Crippen LogP contribution is 2.25. The number of aromatic amines is 1. The number of aromatic nitrogens is 5. The molecule has 0 spiro atoms. The van der Waals surface area contributed by atoms with E-state index in [9.17, 15) is 0 Å². The Bertz CT molecular complexity index is 894. The summed E-state index contributed by atoms with van der Waals surface area (Å²) in [5.41, 5.74) is 1.99. The summed E-state index contributed by atoms with van der Waals surface area (Å²) in [7, 11) is 4.16. The van der Waals surface area contributed by atoms with Crippen molar-refractivity contribution in [3.63, 3.8) is 0 Å². The fourth-order valence-electron chi connectivity index (χ4n) is 3.12. The predicted molar refractivity (Wildman–Crippen MR) is 105 cm³/mol. The number of piperazine rings is 1. The molecule has 0 saturated carbocycles. The SMILES string of the molecule is Cc1cc(Nc2cc(N3CCN(C)CC3)nc(-c3cccn3C)n2)n[nH]1.[HH]. The van der Waals surface area contributed by atoms with E-state index in [1.54, 1.807) is 0 Å². The quantitative estimate of drug-likeness (QED) is 0.748. The third-order valence-electron chi connectivity index (χ3n) is 4.67. The average Bonchev–Trinajstić information content (AvgIpc) is 3.23. The largest absolute Gasteiger partial charge is 0.354 e. The molecule has 0 bridgehead atoms. The molecule has 8 nitrogen and oxygen atoms in total. The van der Waals surface area contributed by atoms with Gasteiger partial charge in [-0.15, -0.1) is 0 Å². The second kappa shape index (κ2) is 6.80. The fourth-order valence-corrected chi connectivity index (χ4v) is 3.12. The molecule has 3 aromatic rings. The van der Waals surface area contributed by atoms with Gasteiger partial charge in [0.2, 0.25) is 0 Å². The highest BCUT2D eigenvalue weighted by molar-refractivity contribution is 5.63. The molecule has 4 rings (SSSR count). The molecule has 1 saturated heterocycles. The van der Waals surface area contributed by atoms with E-state index in [2.05, 4.69) is 32.4 Å². The first-order chi connectivity index (χ1) is 12.6. The summed E-state index contributed by atoms with van der Waals surface area (Å²) in [6.07, 6.45) is 2.01. The fraction of sp³-hybridized carbons (Fsp3) is 0.389. The van der Waals surface area contributed by atoms with Gasteiger partial charge < -0.3 is 19.7 Å². The Balaban J connectivity index is 0.00000210. The first kappa shape index (κ1) is 16.6. The molecule has 2 N–H and O–H groups in total. The number of anilines is 3. The number of H-pyrrole nitrogens is 1. The molecule has 3 aromatic heterocycles. The summed E-state index contributed by atoms with van der Waals surface area (Å²) in [6.45, 7) is 5.96. The molecule has 0 radical (unpaired) electrons. The van der Waals surface area contributed by atoms with Crippen LogP contribution < -0.4 is 10.2 Å². The molecule has 1 aliphatic rings. The van der Waals surface area contributed by atoms with Crippen LogP contribution in [-0.4, -0.2) is 62.9 Å². The van der Waals surface area contributed by atoms with Crippen LogP contribution in [0.3, 0.4) is 0 Å². The molecule has 8 heteroatoms. The number of hydrogen-bond donors (Lipinski definition) is 2. The molecule has 0 unspecified atom stereocenters. The minimum Gasteiger partial charge on any atom is -0.354 e. The Morgan fingerprint density at radius 3 is 2.54 bits per heavy atom. The first-order valence-electron chi connectivity index (χ1n) is 8.82. The second-order valence-electron chi connectivity index (χ2n) is 6.79. The molecule has 1 fully saturated rings. The zero-order valence-corrected chi connectivity index (χ0v) is 15.4. The van der Waals surface area contributed by atoms with E-state index >= 15 is 0 Å². The summed E-state index contributed by atoms with van der Waals surface area (Å²) in [5.74, 6) is 3.16. The number of rotatable bonds is 4. The number of aryl methyl sites for hydroxylation is 2. The summed E-state index contributed by atoms with van der Waals surface area (Å²) < 4.78 is 2.03. The predicted octanol–water partition coefficient (Wildman–Crippen LogP) is 2.26. The van der Waals surface area contributed by atoms with Crippen molar-refractivity contribution in [2.75, 3.05) is 43.4 Å². The van der Waals surface area contributed by atoms with Crippen LogP contribution in [0.2, 0.25) is 0 Å². The van der Waals surface area contributed by atoms with Crippen molar-refractivity contribution >= 4 is 17.5 Å². The number of nitrogens with one attached hydrogen (secondary N) is 2. The molecular formula is C18H26N8. The van der Waals surface area contributed by atoms with Crippen molar-refractivity contribution in [2.24, 2.45) is 7.05 Å². The maximum Gasteiger partial charge on any atom is 0.180 e. The van der Waals surface area contributed by atoms with Crippen molar-refractivity contribution < 1.29 is 1.43 Å². The van der Waals surface area contributed by atoms with Crippen LogP contribution in [0.25, 0.3) is 11.5 Å². The van der Waals surface area contributed by atoms with Crippen LogP contribution >= 0.6 is 0 Å². The van der Waals surface area contributed by atoms with E-state index in [4.69, 9.17) is 9.97 Å². The highest BCUT2D eigenvalue weighted by atomic mass is 15.3. The maximum atomic E-state index is 4.84. The lowest BCUT2D eigenvalue weighted by Gasteiger charge is -2.33. The standard InChI is InChI=1S/C18H24N8.H2/c1-13-11-16(23-22-13)19-15-12-17(26-9-7-24(2)8-10-26)21-18(20-15)14-5-4-6-25(14)3;/h4-6,11-12H,7-10H2,1-3H3,(H2,19,20,21,22,23);1H. The van der Waals surface area contributed by atoms with Gasteiger partial charge in [0, 0.05) is 58.7 Å². The van der Waals surface area contributed by atoms with Crippen molar-refractivity contribution in [1.29, 1.82) is 0 Å². The van der Waals surface area contributed by atoms with E-state index in [1.807, 2.05) is 49.0 Å². The first-order valence-corrected chi connectivity index (χ1v) is 8.82. The minimum absolute atomic E-state index is 0. The zero-order chi connectivity index (χ0) is 18.1. The Morgan fingerprint density at radius 2 is 1.88 bits per heavy atom. The molecule has 0 atom stereocenters. The summed E-state index contributed by atoms with van der Waals surface area (Å²) in [5, 5.41) is 10.5. The summed E-state index contributed by atoms with van der Waals surface area (Å²) in [4.78, 5) is 14.2. The van der Waals surface area contributed by atoms with E-state index in [0.29, 0.717) is 5.82 Å². The molecular weight excluding hydrogens is 328 g/mol. The van der Waals surface area contributed by atoms with Gasteiger partial charge in [0.05, 0.1) is 5.69 Å². The van der Waals surface area contributed by atoms with Crippen molar-refractivity contribution in [2.45, 2.75) is 6.92 Å². The van der Waals surface area contributed by atoms with Crippen molar-refractivity contribution in [1.82, 2.24) is 29.6 Å². The van der Waals surface area contributed by atoms with Crippen LogP contribution in [-0.2, 0) is 7.05 Å². The lowest BCUT2D eigenvalue weighted by Crippen LogP contribution is -2.44. The van der Waals surface area contributed by atoms with Gasteiger partial charge >= 0.3 is 0 Å². The van der Waals surface area contributed by atoms with Gasteiger partial charge in [-0.3, -0.25) is 5.10 Å². The van der Waals surface area contributed by atoms with Gasteiger partial charge in [0.1, 0.15) is 11.6 Å². The topological polar surface area (TPSA) is 77.9 Å². The van der Waals surface area contributed by atoms with E-state index in [0.717, 1.165) is 55.0 Å². The van der Waals surface area contributed by atoms with E-state index in [1.165, 1.54) is 0 Å². The third kappa shape index (κ3) is 3.41. The second-order valence-corrected chi connectivity index (χ2v) is 6.79. The van der Waals surface area contributed by atoms with E-state index in [-0.39, 0.29) is 1.43 Å². The highest BCUT2D eigenvalue weighted by Gasteiger charge is 2.18. The van der Waals surface area contributed by atoms with Crippen LogP contribution in [0.5, 0.6) is 0 Å². The lowest BCUT2D eigenvalue weighted by molar-refractivity contribution is 0.312. The molecule has 0 aromatic carbocycles. The van der Waals surface area contributed by atoms with Gasteiger partial charge in [-0.2, -0.15) is 5.10 Å². The van der Waals surface area contributed by atoms with Gasteiger partial charge in [0.25, 0.3) is 0 Å². The molecule has 0 aliphatic carbocycles. The molecule has 4 heterocycles. The van der Waals surface area contributed by atoms with Crippen LogP contribution in [0, 0.1) is 6.92 Å². The minimum atomic E-state index is 0. The Morgan fingerprint density at radius 1 is 1.08 bits per heavy atom. The number of nitrogens with zero attached hydrogens (tertiary/aromatic N) is 6. The maximum absolute atomic E-state index is 4.84. The van der Waals surface area contributed by atoms with E-state index < -0.39 is 0 Å². The molecule has 26 heavy (non-hydrogen) atoms. The van der Waals surface area contributed by atoms with Crippen molar-refractivity contribution in [3.8, 4) is 11.5 Å². The number of likely N-dealkylation sites (N-methyl/N-ethyl adjacent to an activating group) is 1. The lowest BCUT2D eigenvalue weighted by atomic mass is 10.3. The van der Waals surface area contributed by atoms with Crippen LogP contribution in [0.15, 0.2) is 30.5 Å². The zero-order valence-electron chi connectivity index (χ0n) is 15.4. The monoisotopic (exact) mass is 354 g/mol. The van der Waals surface area contributed by atoms with Crippen LogP contribution in [0.4, 0.5) is 17.5 Å². The van der Waals surface area contributed by atoms with Crippen LogP contribution in [0.1, 0.15) is 7.12 Å². The Kier molecular flexibility index (Phi) is 4.34. The van der Waals surface area contributed by atoms with Gasteiger partial charge in [-0.05, 0) is 26.1 Å².